The van der Waals surface area contributed by atoms with Crippen LogP contribution in [-0.2, 0) is 13.7 Å². The quantitative estimate of drug-likeness (QED) is 0.771. The highest BCUT2D eigenvalue weighted by Crippen LogP contribution is 2.17. The number of hydrogen-bond acceptors (Lipinski definition) is 2. The summed E-state index contributed by atoms with van der Waals surface area (Å²) < 4.78 is 1.88. The van der Waals surface area contributed by atoms with Gasteiger partial charge in [-0.15, -0.1) is 0 Å². The SMILES string of the molecule is Cn1cnc(-c2[c]ccc(CO)c2)c1. The van der Waals surface area contributed by atoms with Crippen LogP contribution in [0.5, 0.6) is 0 Å². The maximum Gasteiger partial charge on any atom is 0.0951 e. The molecule has 0 saturated carbocycles. The van der Waals surface area contributed by atoms with E-state index in [1.165, 1.54) is 0 Å². The Morgan fingerprint density at radius 1 is 1.57 bits per heavy atom. The third kappa shape index (κ3) is 1.67. The first-order chi connectivity index (χ1) is 6.79. The molecule has 1 N–H and O–H groups in total. The van der Waals surface area contributed by atoms with Crippen molar-refractivity contribution in [1.82, 2.24) is 9.55 Å². The Morgan fingerprint density at radius 2 is 2.43 bits per heavy atom. The van der Waals surface area contributed by atoms with Gasteiger partial charge >= 0.3 is 0 Å². The van der Waals surface area contributed by atoms with Crippen LogP contribution in [0.15, 0.2) is 30.7 Å². The van der Waals surface area contributed by atoms with Gasteiger partial charge in [-0.3, -0.25) is 0 Å². The Balaban J connectivity index is 2.41. The van der Waals surface area contributed by atoms with Crippen LogP contribution in [0.3, 0.4) is 0 Å². The Labute approximate surface area is 82.7 Å². The second-order valence-corrected chi connectivity index (χ2v) is 3.19. The summed E-state index contributed by atoms with van der Waals surface area (Å²) in [4.78, 5) is 4.21. The van der Waals surface area contributed by atoms with Gasteiger partial charge in [0.1, 0.15) is 0 Å². The highest BCUT2D eigenvalue weighted by molar-refractivity contribution is 5.58. The Morgan fingerprint density at radius 3 is 3.07 bits per heavy atom. The van der Waals surface area contributed by atoms with Crippen molar-refractivity contribution in [3.05, 3.63) is 42.4 Å². The summed E-state index contributed by atoms with van der Waals surface area (Å²) in [5.74, 6) is 0. The molecule has 0 aliphatic rings. The van der Waals surface area contributed by atoms with Crippen molar-refractivity contribution in [1.29, 1.82) is 0 Å². The second kappa shape index (κ2) is 3.64. The van der Waals surface area contributed by atoms with E-state index in [2.05, 4.69) is 11.1 Å². The first-order valence-corrected chi connectivity index (χ1v) is 4.39. The average molecular weight is 187 g/mol. The van der Waals surface area contributed by atoms with Crippen molar-refractivity contribution in [2.45, 2.75) is 6.61 Å². The molecule has 0 fully saturated rings. The van der Waals surface area contributed by atoms with Crippen LogP contribution in [0.4, 0.5) is 0 Å². The molecular weight excluding hydrogens is 176 g/mol. The molecule has 0 bridgehead atoms. The molecule has 2 aromatic rings. The van der Waals surface area contributed by atoms with Crippen molar-refractivity contribution >= 4 is 0 Å². The van der Waals surface area contributed by atoms with E-state index in [4.69, 9.17) is 5.11 Å². The van der Waals surface area contributed by atoms with Crippen molar-refractivity contribution in [2.75, 3.05) is 0 Å². The fourth-order valence-electron chi connectivity index (χ4n) is 1.31. The lowest BCUT2D eigenvalue weighted by Crippen LogP contribution is -1.84. The first-order valence-electron chi connectivity index (χ1n) is 4.39. The molecule has 0 unspecified atom stereocenters. The minimum absolute atomic E-state index is 0.0501. The van der Waals surface area contributed by atoms with Crippen molar-refractivity contribution in [2.24, 2.45) is 7.05 Å². The molecule has 0 aliphatic carbocycles. The van der Waals surface area contributed by atoms with Gasteiger partial charge in [0.25, 0.3) is 0 Å². The van der Waals surface area contributed by atoms with Gasteiger partial charge in [-0.05, 0) is 17.7 Å². The zero-order valence-corrected chi connectivity index (χ0v) is 7.94. The predicted octanol–water partition coefficient (Wildman–Crippen LogP) is 1.38. The maximum absolute atomic E-state index is 8.97. The van der Waals surface area contributed by atoms with Crippen molar-refractivity contribution in [3.8, 4) is 11.3 Å². The van der Waals surface area contributed by atoms with Gasteiger partial charge in [0, 0.05) is 18.8 Å². The van der Waals surface area contributed by atoms with Crippen LogP contribution in [0.1, 0.15) is 5.56 Å². The van der Waals surface area contributed by atoms with Gasteiger partial charge in [0.2, 0.25) is 0 Å². The number of aryl methyl sites for hydroxylation is 1. The minimum atomic E-state index is 0.0501. The predicted molar refractivity (Wildman–Crippen MR) is 53.4 cm³/mol. The molecule has 1 aromatic heterocycles. The number of rotatable bonds is 2. The fourth-order valence-corrected chi connectivity index (χ4v) is 1.31. The lowest BCUT2D eigenvalue weighted by molar-refractivity contribution is 0.282. The number of nitrogens with zero attached hydrogens (tertiary/aromatic N) is 2. The summed E-state index contributed by atoms with van der Waals surface area (Å²) in [6.07, 6.45) is 3.67. The van der Waals surface area contributed by atoms with Crippen LogP contribution in [0.25, 0.3) is 11.3 Å². The van der Waals surface area contributed by atoms with Crippen LogP contribution in [0, 0.1) is 6.07 Å². The lowest BCUT2D eigenvalue weighted by Gasteiger charge is -1.98. The van der Waals surface area contributed by atoms with Crippen LogP contribution in [-0.4, -0.2) is 14.7 Å². The molecule has 1 radical (unpaired) electrons. The summed E-state index contributed by atoms with van der Waals surface area (Å²) in [7, 11) is 1.92. The topological polar surface area (TPSA) is 38.0 Å². The van der Waals surface area contributed by atoms with E-state index < -0.39 is 0 Å². The standard InChI is InChI=1S/C11H11N2O/c1-13-6-11(12-8-13)10-4-2-3-9(5-10)7-14/h2-3,5-6,8,14H,7H2,1H3. The van der Waals surface area contributed by atoms with Gasteiger partial charge in [-0.1, -0.05) is 12.1 Å². The molecule has 1 heterocycles. The van der Waals surface area contributed by atoms with E-state index >= 15 is 0 Å². The molecule has 2 rings (SSSR count). The Kier molecular flexibility index (Phi) is 2.33. The third-order valence-corrected chi connectivity index (χ3v) is 2.03. The smallest absolute Gasteiger partial charge is 0.0951 e. The Hall–Kier alpha value is -1.61. The van der Waals surface area contributed by atoms with E-state index in [9.17, 15) is 0 Å². The summed E-state index contributed by atoms with van der Waals surface area (Å²) in [6.45, 7) is 0.0501. The van der Waals surface area contributed by atoms with Crippen molar-refractivity contribution in [3.63, 3.8) is 0 Å². The third-order valence-electron chi connectivity index (χ3n) is 2.03. The summed E-state index contributed by atoms with van der Waals surface area (Å²) in [6, 6.07) is 8.62. The highest BCUT2D eigenvalue weighted by Gasteiger charge is 2.01. The number of aromatic nitrogens is 2. The van der Waals surface area contributed by atoms with Crippen LogP contribution >= 0.6 is 0 Å². The number of benzene rings is 1. The van der Waals surface area contributed by atoms with E-state index in [0.717, 1.165) is 16.8 Å². The van der Waals surface area contributed by atoms with Gasteiger partial charge in [0.05, 0.1) is 18.6 Å². The number of aliphatic hydroxyl groups excluding tert-OH is 1. The van der Waals surface area contributed by atoms with Gasteiger partial charge < -0.3 is 9.67 Å². The molecule has 3 heteroatoms. The van der Waals surface area contributed by atoms with Gasteiger partial charge in [-0.25, -0.2) is 4.98 Å². The number of aliphatic hydroxyl groups is 1. The molecular formula is C11H11N2O. The fraction of sp³-hybridized carbons (Fsp3) is 0.182. The second-order valence-electron chi connectivity index (χ2n) is 3.19. The highest BCUT2D eigenvalue weighted by atomic mass is 16.3. The number of imidazole rings is 1. The average Bonchev–Trinajstić information content (AvgIpc) is 2.65. The molecule has 71 valence electrons. The van der Waals surface area contributed by atoms with E-state index in [0.29, 0.717) is 0 Å². The van der Waals surface area contributed by atoms with Gasteiger partial charge in [0.15, 0.2) is 0 Å². The number of hydrogen-bond donors (Lipinski definition) is 1. The maximum atomic E-state index is 8.97. The molecule has 14 heavy (non-hydrogen) atoms. The van der Waals surface area contributed by atoms with E-state index in [1.54, 1.807) is 12.4 Å². The molecule has 3 nitrogen and oxygen atoms in total. The van der Waals surface area contributed by atoms with Crippen molar-refractivity contribution < 1.29 is 5.11 Å². The lowest BCUT2D eigenvalue weighted by atomic mass is 10.1. The van der Waals surface area contributed by atoms with Crippen LogP contribution in [0.2, 0.25) is 0 Å². The minimum Gasteiger partial charge on any atom is -0.392 e. The normalized spacial score (nSPS) is 10.4. The summed E-state index contributed by atoms with van der Waals surface area (Å²) >= 11 is 0. The molecule has 0 spiro atoms. The van der Waals surface area contributed by atoms with Gasteiger partial charge in [-0.2, -0.15) is 0 Å². The zero-order valence-electron chi connectivity index (χ0n) is 7.94. The largest absolute Gasteiger partial charge is 0.392 e. The molecule has 0 aliphatic heterocycles. The molecule has 1 aromatic carbocycles. The van der Waals surface area contributed by atoms with Crippen LogP contribution < -0.4 is 0 Å². The Bertz CT molecular complexity index is 434. The summed E-state index contributed by atoms with van der Waals surface area (Å²) in [5.41, 5.74) is 2.67. The molecule has 0 atom stereocenters. The molecule has 0 amide bonds. The van der Waals surface area contributed by atoms with E-state index in [-0.39, 0.29) is 6.61 Å². The first kappa shape index (κ1) is 8.97. The zero-order chi connectivity index (χ0) is 9.97. The molecule has 0 saturated heterocycles. The van der Waals surface area contributed by atoms with E-state index in [1.807, 2.05) is 29.9 Å². The summed E-state index contributed by atoms with van der Waals surface area (Å²) in [5, 5.41) is 8.97. The monoisotopic (exact) mass is 187 g/mol.